The van der Waals surface area contributed by atoms with Crippen LogP contribution in [0.3, 0.4) is 0 Å². The molecule has 1 saturated heterocycles. The first kappa shape index (κ1) is 20.6. The van der Waals surface area contributed by atoms with Gasteiger partial charge in [0.2, 0.25) is 11.8 Å². The predicted octanol–water partition coefficient (Wildman–Crippen LogP) is 3.43. The number of carbonyl (C=O) groups is 3. The van der Waals surface area contributed by atoms with E-state index < -0.39 is 5.92 Å². The van der Waals surface area contributed by atoms with Crippen LogP contribution < -0.4 is 15.5 Å². The molecule has 1 aliphatic rings. The molecule has 6 nitrogen and oxygen atoms in total. The van der Waals surface area contributed by atoms with Gasteiger partial charge in [-0.3, -0.25) is 14.4 Å². The molecule has 152 valence electrons. The quantitative estimate of drug-likeness (QED) is 0.817. The molecule has 0 aromatic heterocycles. The van der Waals surface area contributed by atoms with Crippen molar-refractivity contribution in [1.29, 1.82) is 0 Å². The first-order chi connectivity index (χ1) is 13.7. The highest BCUT2D eigenvalue weighted by Gasteiger charge is 2.35. The van der Waals surface area contributed by atoms with Crippen molar-refractivity contribution in [2.24, 2.45) is 5.92 Å². The SMILES string of the molecule is Cc1cc(C)cc(N2CC(C(=O)Nc3ccccc3C(=O)NC(C)C)CC2=O)c1. The summed E-state index contributed by atoms with van der Waals surface area (Å²) in [5, 5.41) is 5.68. The van der Waals surface area contributed by atoms with Crippen LogP contribution in [0.4, 0.5) is 11.4 Å². The normalized spacial score (nSPS) is 16.2. The molecule has 2 aromatic rings. The van der Waals surface area contributed by atoms with Crippen molar-refractivity contribution in [3.05, 3.63) is 59.2 Å². The van der Waals surface area contributed by atoms with Crippen LogP contribution in [-0.2, 0) is 9.59 Å². The molecule has 0 bridgehead atoms. The van der Waals surface area contributed by atoms with Gasteiger partial charge in [-0.05, 0) is 63.1 Å². The second-order valence-electron chi connectivity index (χ2n) is 7.91. The molecule has 0 radical (unpaired) electrons. The number of hydrogen-bond donors (Lipinski definition) is 2. The molecule has 29 heavy (non-hydrogen) atoms. The van der Waals surface area contributed by atoms with Crippen LogP contribution >= 0.6 is 0 Å². The average molecular weight is 393 g/mol. The third-order valence-electron chi connectivity index (χ3n) is 4.86. The van der Waals surface area contributed by atoms with Gasteiger partial charge in [0.25, 0.3) is 5.91 Å². The van der Waals surface area contributed by atoms with E-state index >= 15 is 0 Å². The Morgan fingerprint density at radius 3 is 2.38 bits per heavy atom. The molecule has 2 aromatic carbocycles. The number of amides is 3. The molecule has 1 aliphatic heterocycles. The van der Waals surface area contributed by atoms with Crippen molar-refractivity contribution in [1.82, 2.24) is 5.32 Å². The lowest BCUT2D eigenvalue weighted by Gasteiger charge is -2.18. The zero-order valence-electron chi connectivity index (χ0n) is 17.3. The summed E-state index contributed by atoms with van der Waals surface area (Å²) in [6, 6.07) is 12.8. The molecule has 1 unspecified atom stereocenters. The summed E-state index contributed by atoms with van der Waals surface area (Å²) >= 11 is 0. The van der Waals surface area contributed by atoms with Gasteiger partial charge in [0.15, 0.2) is 0 Å². The van der Waals surface area contributed by atoms with Crippen molar-refractivity contribution in [3.8, 4) is 0 Å². The maximum Gasteiger partial charge on any atom is 0.253 e. The van der Waals surface area contributed by atoms with E-state index in [9.17, 15) is 14.4 Å². The Bertz CT molecular complexity index is 932. The minimum absolute atomic E-state index is 0.00921. The molecule has 6 heteroatoms. The molecule has 1 heterocycles. The third-order valence-corrected chi connectivity index (χ3v) is 4.86. The van der Waals surface area contributed by atoms with Gasteiger partial charge in [-0.15, -0.1) is 0 Å². The van der Waals surface area contributed by atoms with E-state index in [2.05, 4.69) is 10.6 Å². The lowest BCUT2D eigenvalue weighted by molar-refractivity contribution is -0.122. The van der Waals surface area contributed by atoms with Gasteiger partial charge in [-0.25, -0.2) is 0 Å². The Kier molecular flexibility index (Phi) is 6.01. The summed E-state index contributed by atoms with van der Waals surface area (Å²) in [6.45, 7) is 8.06. The molecule has 0 spiro atoms. The van der Waals surface area contributed by atoms with Crippen LogP contribution in [0.1, 0.15) is 41.8 Å². The van der Waals surface area contributed by atoms with Gasteiger partial charge in [-0.1, -0.05) is 18.2 Å². The molecule has 0 aliphatic carbocycles. The van der Waals surface area contributed by atoms with Crippen molar-refractivity contribution in [2.45, 2.75) is 40.2 Å². The minimum atomic E-state index is -0.468. The number of hydrogen-bond acceptors (Lipinski definition) is 3. The van der Waals surface area contributed by atoms with Gasteiger partial charge in [-0.2, -0.15) is 0 Å². The fourth-order valence-electron chi connectivity index (χ4n) is 3.60. The summed E-state index contributed by atoms with van der Waals surface area (Å²) < 4.78 is 0. The van der Waals surface area contributed by atoms with Gasteiger partial charge >= 0.3 is 0 Å². The van der Waals surface area contributed by atoms with Crippen molar-refractivity contribution >= 4 is 29.1 Å². The molecule has 3 rings (SSSR count). The Morgan fingerprint density at radius 2 is 1.72 bits per heavy atom. The zero-order chi connectivity index (χ0) is 21.1. The van der Waals surface area contributed by atoms with E-state index in [1.165, 1.54) is 0 Å². The molecular weight excluding hydrogens is 366 g/mol. The topological polar surface area (TPSA) is 78.5 Å². The largest absolute Gasteiger partial charge is 0.350 e. The van der Waals surface area contributed by atoms with E-state index in [0.29, 0.717) is 17.8 Å². The number of anilines is 2. The van der Waals surface area contributed by atoms with E-state index in [4.69, 9.17) is 0 Å². The first-order valence-electron chi connectivity index (χ1n) is 9.84. The fourth-order valence-corrected chi connectivity index (χ4v) is 3.60. The molecular formula is C23H27N3O3. The number of carbonyl (C=O) groups excluding carboxylic acids is 3. The van der Waals surface area contributed by atoms with Crippen LogP contribution in [0.25, 0.3) is 0 Å². The van der Waals surface area contributed by atoms with Gasteiger partial charge in [0.05, 0.1) is 17.2 Å². The Morgan fingerprint density at radius 1 is 1.07 bits per heavy atom. The maximum atomic E-state index is 12.8. The highest BCUT2D eigenvalue weighted by atomic mass is 16.2. The summed E-state index contributed by atoms with van der Waals surface area (Å²) in [4.78, 5) is 39.5. The highest BCUT2D eigenvalue weighted by molar-refractivity contribution is 6.07. The van der Waals surface area contributed by atoms with E-state index in [1.54, 1.807) is 29.2 Å². The Labute approximate surface area is 171 Å². The smallest absolute Gasteiger partial charge is 0.253 e. The fraction of sp³-hybridized carbons (Fsp3) is 0.348. The molecule has 1 fully saturated rings. The number of para-hydroxylation sites is 1. The van der Waals surface area contributed by atoms with E-state index in [0.717, 1.165) is 16.8 Å². The molecule has 0 saturated carbocycles. The zero-order valence-corrected chi connectivity index (χ0v) is 17.3. The number of aryl methyl sites for hydroxylation is 2. The monoisotopic (exact) mass is 393 g/mol. The highest BCUT2D eigenvalue weighted by Crippen LogP contribution is 2.28. The van der Waals surface area contributed by atoms with Crippen LogP contribution in [0.15, 0.2) is 42.5 Å². The van der Waals surface area contributed by atoms with Gasteiger partial charge in [0.1, 0.15) is 0 Å². The average Bonchev–Trinajstić information content (AvgIpc) is 3.02. The summed E-state index contributed by atoms with van der Waals surface area (Å²) in [5.74, 6) is -1.03. The maximum absolute atomic E-state index is 12.8. The summed E-state index contributed by atoms with van der Waals surface area (Å²) in [6.07, 6.45) is 0.152. The molecule has 3 amide bonds. The minimum Gasteiger partial charge on any atom is -0.350 e. The van der Waals surface area contributed by atoms with Crippen molar-refractivity contribution in [2.75, 3.05) is 16.8 Å². The van der Waals surface area contributed by atoms with Gasteiger partial charge in [0, 0.05) is 24.7 Å². The van der Waals surface area contributed by atoms with Crippen LogP contribution in [0.5, 0.6) is 0 Å². The lowest BCUT2D eigenvalue weighted by atomic mass is 10.1. The van der Waals surface area contributed by atoms with E-state index in [1.807, 2.05) is 45.9 Å². The molecule has 2 N–H and O–H groups in total. The van der Waals surface area contributed by atoms with Gasteiger partial charge < -0.3 is 15.5 Å². The van der Waals surface area contributed by atoms with E-state index in [-0.39, 0.29) is 30.2 Å². The second kappa shape index (κ2) is 8.47. The molecule has 1 atom stereocenters. The third kappa shape index (κ3) is 4.83. The predicted molar refractivity (Wildman–Crippen MR) is 114 cm³/mol. The number of nitrogens with one attached hydrogen (secondary N) is 2. The van der Waals surface area contributed by atoms with Crippen molar-refractivity contribution < 1.29 is 14.4 Å². The Hall–Kier alpha value is -3.15. The number of benzene rings is 2. The first-order valence-corrected chi connectivity index (χ1v) is 9.84. The van der Waals surface area contributed by atoms with Crippen LogP contribution in [0, 0.1) is 19.8 Å². The standard InChI is InChI=1S/C23H27N3O3/c1-14(2)24-23(29)19-7-5-6-8-20(19)25-22(28)17-12-21(27)26(13-17)18-10-15(3)9-16(4)11-18/h5-11,14,17H,12-13H2,1-4H3,(H,24,29)(H,25,28). The second-order valence-corrected chi connectivity index (χ2v) is 7.91. The van der Waals surface area contributed by atoms with Crippen LogP contribution in [-0.4, -0.2) is 30.3 Å². The van der Waals surface area contributed by atoms with Crippen molar-refractivity contribution in [3.63, 3.8) is 0 Å². The van der Waals surface area contributed by atoms with Crippen LogP contribution in [0.2, 0.25) is 0 Å². The number of nitrogens with zero attached hydrogens (tertiary/aromatic N) is 1. The Balaban J connectivity index is 1.74. The lowest BCUT2D eigenvalue weighted by Crippen LogP contribution is -2.32. The summed E-state index contributed by atoms with van der Waals surface area (Å²) in [7, 11) is 0. The number of rotatable bonds is 5. The summed E-state index contributed by atoms with van der Waals surface area (Å²) in [5.41, 5.74) is 3.83.